The Balaban J connectivity index is 2.64. The third-order valence-corrected chi connectivity index (χ3v) is 2.14. The van der Waals surface area contributed by atoms with E-state index in [1.807, 2.05) is 19.1 Å². The van der Waals surface area contributed by atoms with Crippen molar-refractivity contribution in [2.45, 2.75) is 13.3 Å². The topological polar surface area (TPSA) is 61.5 Å². The van der Waals surface area contributed by atoms with Crippen LogP contribution in [-0.4, -0.2) is 32.1 Å². The number of benzene rings is 1. The summed E-state index contributed by atoms with van der Waals surface area (Å²) in [5.41, 5.74) is 5.86. The molecule has 0 aliphatic rings. The van der Waals surface area contributed by atoms with Crippen molar-refractivity contribution >= 4 is 5.78 Å². The standard InChI is InChI=1S/C13H19NO3/c1-2-8-17-13-6-4-3-5-11(13)12(15)10-16-9-7-14/h3-6H,2,7-10,14H2,1H3. The summed E-state index contributed by atoms with van der Waals surface area (Å²) in [6.07, 6.45) is 0.909. The second kappa shape index (κ2) is 7.81. The summed E-state index contributed by atoms with van der Waals surface area (Å²) < 4.78 is 10.6. The molecule has 1 aromatic carbocycles. The molecule has 94 valence electrons. The first kappa shape index (κ1) is 13.7. The number of carbonyl (C=O) groups excluding carboxylic acids is 1. The average molecular weight is 237 g/mol. The number of hydrogen-bond donors (Lipinski definition) is 1. The Hall–Kier alpha value is -1.39. The highest BCUT2D eigenvalue weighted by molar-refractivity contribution is 5.99. The highest BCUT2D eigenvalue weighted by Gasteiger charge is 2.11. The SMILES string of the molecule is CCCOc1ccccc1C(=O)COCCN. The maximum atomic E-state index is 11.9. The average Bonchev–Trinajstić information content (AvgIpc) is 2.37. The molecule has 0 radical (unpaired) electrons. The summed E-state index contributed by atoms with van der Waals surface area (Å²) in [6, 6.07) is 7.21. The molecule has 2 N–H and O–H groups in total. The van der Waals surface area contributed by atoms with Gasteiger partial charge in [0, 0.05) is 6.54 Å². The van der Waals surface area contributed by atoms with E-state index in [0.29, 0.717) is 31.1 Å². The molecule has 0 aliphatic carbocycles. The van der Waals surface area contributed by atoms with Gasteiger partial charge in [-0.1, -0.05) is 19.1 Å². The normalized spacial score (nSPS) is 10.2. The van der Waals surface area contributed by atoms with Gasteiger partial charge in [-0.2, -0.15) is 0 Å². The van der Waals surface area contributed by atoms with Gasteiger partial charge in [0.05, 0.1) is 18.8 Å². The van der Waals surface area contributed by atoms with Gasteiger partial charge in [-0.25, -0.2) is 0 Å². The summed E-state index contributed by atoms with van der Waals surface area (Å²) in [7, 11) is 0. The predicted molar refractivity (Wildman–Crippen MR) is 66.4 cm³/mol. The molecule has 0 unspecified atom stereocenters. The molecule has 17 heavy (non-hydrogen) atoms. The Morgan fingerprint density at radius 1 is 1.29 bits per heavy atom. The molecule has 1 aromatic rings. The van der Waals surface area contributed by atoms with Crippen LogP contribution in [0.15, 0.2) is 24.3 Å². The van der Waals surface area contributed by atoms with E-state index in [9.17, 15) is 4.79 Å². The van der Waals surface area contributed by atoms with Crippen molar-refractivity contribution in [3.05, 3.63) is 29.8 Å². The van der Waals surface area contributed by atoms with E-state index in [1.165, 1.54) is 0 Å². The maximum absolute atomic E-state index is 11.9. The highest BCUT2D eigenvalue weighted by atomic mass is 16.5. The molecule has 0 saturated carbocycles. The number of rotatable bonds is 8. The van der Waals surface area contributed by atoms with Crippen molar-refractivity contribution in [3.63, 3.8) is 0 Å². The van der Waals surface area contributed by atoms with Crippen LogP contribution in [0.5, 0.6) is 5.75 Å². The summed E-state index contributed by atoms with van der Waals surface area (Å²) >= 11 is 0. The van der Waals surface area contributed by atoms with Gasteiger partial charge in [-0.3, -0.25) is 4.79 Å². The molecule has 0 aromatic heterocycles. The molecule has 4 nitrogen and oxygen atoms in total. The fraction of sp³-hybridized carbons (Fsp3) is 0.462. The zero-order chi connectivity index (χ0) is 12.5. The molecule has 0 heterocycles. The van der Waals surface area contributed by atoms with Gasteiger partial charge in [-0.05, 0) is 18.6 Å². The molecule has 0 spiro atoms. The third-order valence-electron chi connectivity index (χ3n) is 2.14. The summed E-state index contributed by atoms with van der Waals surface area (Å²) in [5.74, 6) is 0.542. The molecular weight excluding hydrogens is 218 g/mol. The van der Waals surface area contributed by atoms with Gasteiger partial charge < -0.3 is 15.2 Å². The Kier molecular flexibility index (Phi) is 6.29. The van der Waals surface area contributed by atoms with Gasteiger partial charge in [0.1, 0.15) is 12.4 Å². The predicted octanol–water partition coefficient (Wildman–Crippen LogP) is 1.63. The maximum Gasteiger partial charge on any atom is 0.192 e. The number of nitrogens with two attached hydrogens (primary N) is 1. The quantitative estimate of drug-likeness (QED) is 0.551. The zero-order valence-electron chi connectivity index (χ0n) is 10.1. The molecule has 0 bridgehead atoms. The molecular formula is C13H19NO3. The van der Waals surface area contributed by atoms with Gasteiger partial charge >= 0.3 is 0 Å². The number of ketones is 1. The number of hydrogen-bond acceptors (Lipinski definition) is 4. The molecule has 0 aliphatic heterocycles. The zero-order valence-corrected chi connectivity index (χ0v) is 10.1. The molecule has 4 heteroatoms. The summed E-state index contributed by atoms with van der Waals surface area (Å²) in [4.78, 5) is 11.9. The van der Waals surface area contributed by atoms with Crippen molar-refractivity contribution in [2.75, 3.05) is 26.4 Å². The smallest absolute Gasteiger partial charge is 0.192 e. The van der Waals surface area contributed by atoms with Crippen LogP contribution >= 0.6 is 0 Å². The lowest BCUT2D eigenvalue weighted by atomic mass is 10.1. The lowest BCUT2D eigenvalue weighted by Crippen LogP contribution is -2.15. The third kappa shape index (κ3) is 4.54. The van der Waals surface area contributed by atoms with Gasteiger partial charge in [0.15, 0.2) is 5.78 Å². The number of Topliss-reactive ketones (excluding diaryl/α,β-unsaturated/α-hetero) is 1. The van der Waals surface area contributed by atoms with E-state index in [0.717, 1.165) is 6.42 Å². The minimum Gasteiger partial charge on any atom is -0.493 e. The molecule has 1 rings (SSSR count). The van der Waals surface area contributed by atoms with Crippen molar-refractivity contribution in [2.24, 2.45) is 5.73 Å². The van der Waals surface area contributed by atoms with Crippen LogP contribution in [0.4, 0.5) is 0 Å². The molecule has 0 amide bonds. The van der Waals surface area contributed by atoms with Crippen molar-refractivity contribution in [1.82, 2.24) is 0 Å². The fourth-order valence-corrected chi connectivity index (χ4v) is 1.36. The van der Waals surface area contributed by atoms with Crippen LogP contribution in [0.1, 0.15) is 23.7 Å². The Morgan fingerprint density at radius 3 is 2.76 bits per heavy atom. The highest BCUT2D eigenvalue weighted by Crippen LogP contribution is 2.18. The lowest BCUT2D eigenvalue weighted by molar-refractivity contribution is 0.0770. The Labute approximate surface area is 102 Å². The largest absolute Gasteiger partial charge is 0.493 e. The lowest BCUT2D eigenvalue weighted by Gasteiger charge is -2.09. The number of ether oxygens (including phenoxy) is 2. The van der Waals surface area contributed by atoms with Crippen LogP contribution in [0.25, 0.3) is 0 Å². The first-order chi connectivity index (χ1) is 8.29. The van der Waals surface area contributed by atoms with E-state index in [4.69, 9.17) is 15.2 Å². The fourth-order valence-electron chi connectivity index (χ4n) is 1.36. The van der Waals surface area contributed by atoms with E-state index in [-0.39, 0.29) is 12.4 Å². The minimum absolute atomic E-state index is 0.0453. The Morgan fingerprint density at radius 2 is 2.06 bits per heavy atom. The summed E-state index contributed by atoms with van der Waals surface area (Å²) in [5, 5.41) is 0. The van der Waals surface area contributed by atoms with Crippen LogP contribution in [0.3, 0.4) is 0 Å². The summed E-state index contributed by atoms with van der Waals surface area (Å²) in [6.45, 7) is 3.48. The van der Waals surface area contributed by atoms with Crippen molar-refractivity contribution in [3.8, 4) is 5.75 Å². The van der Waals surface area contributed by atoms with E-state index in [2.05, 4.69) is 0 Å². The van der Waals surface area contributed by atoms with Crippen LogP contribution in [0.2, 0.25) is 0 Å². The molecule has 0 fully saturated rings. The van der Waals surface area contributed by atoms with Gasteiger partial charge in [0.2, 0.25) is 0 Å². The minimum atomic E-state index is -0.0786. The molecule has 0 saturated heterocycles. The van der Waals surface area contributed by atoms with Crippen LogP contribution < -0.4 is 10.5 Å². The second-order valence-corrected chi connectivity index (χ2v) is 3.61. The van der Waals surface area contributed by atoms with Gasteiger partial charge in [0.25, 0.3) is 0 Å². The Bertz CT molecular complexity index is 352. The second-order valence-electron chi connectivity index (χ2n) is 3.61. The number of carbonyl (C=O) groups is 1. The number of para-hydroxylation sites is 1. The van der Waals surface area contributed by atoms with Crippen molar-refractivity contribution in [1.29, 1.82) is 0 Å². The monoisotopic (exact) mass is 237 g/mol. The van der Waals surface area contributed by atoms with Crippen molar-refractivity contribution < 1.29 is 14.3 Å². The van der Waals surface area contributed by atoms with Gasteiger partial charge in [-0.15, -0.1) is 0 Å². The first-order valence-electron chi connectivity index (χ1n) is 5.82. The first-order valence-corrected chi connectivity index (χ1v) is 5.82. The van der Waals surface area contributed by atoms with E-state index in [1.54, 1.807) is 12.1 Å². The van der Waals surface area contributed by atoms with Crippen LogP contribution in [0, 0.1) is 0 Å². The van der Waals surface area contributed by atoms with E-state index >= 15 is 0 Å². The molecule has 0 atom stereocenters. The van der Waals surface area contributed by atoms with E-state index < -0.39 is 0 Å². The van der Waals surface area contributed by atoms with Crippen LogP contribution in [-0.2, 0) is 4.74 Å².